The first kappa shape index (κ1) is 9.71. The van der Waals surface area contributed by atoms with Gasteiger partial charge < -0.3 is 9.72 Å². The number of rotatable bonds is 2. The van der Waals surface area contributed by atoms with Crippen LogP contribution in [0.25, 0.3) is 10.9 Å². The molecule has 4 heteroatoms. The zero-order valence-corrected chi connectivity index (χ0v) is 8.21. The van der Waals surface area contributed by atoms with Crippen LogP contribution in [0, 0.1) is 5.82 Å². The molecule has 1 heterocycles. The third-order valence-electron chi connectivity index (χ3n) is 2.20. The van der Waals surface area contributed by atoms with Crippen molar-refractivity contribution < 1.29 is 13.9 Å². The molecule has 1 aromatic heterocycles. The quantitative estimate of drug-likeness (QED) is 0.765. The van der Waals surface area contributed by atoms with Gasteiger partial charge in [0.25, 0.3) is 0 Å². The zero-order chi connectivity index (χ0) is 10.8. The lowest BCUT2D eigenvalue weighted by atomic mass is 10.2. The van der Waals surface area contributed by atoms with Gasteiger partial charge in [-0.25, -0.2) is 4.39 Å². The normalized spacial score (nSPS) is 10.5. The molecule has 0 radical (unpaired) electrons. The minimum Gasteiger partial charge on any atom is -0.469 e. The standard InChI is InChI=1S/C11H10FNO2/c1-15-11(14)6-9-4-7-2-3-8(12)5-10(7)13-9/h2-5,13H,6H2,1H3. The monoisotopic (exact) mass is 207 g/mol. The topological polar surface area (TPSA) is 42.1 Å². The van der Waals surface area contributed by atoms with Gasteiger partial charge in [0.05, 0.1) is 13.5 Å². The maximum atomic E-state index is 12.9. The maximum absolute atomic E-state index is 12.9. The zero-order valence-electron chi connectivity index (χ0n) is 8.21. The summed E-state index contributed by atoms with van der Waals surface area (Å²) in [7, 11) is 1.34. The fourth-order valence-corrected chi connectivity index (χ4v) is 1.48. The second-order valence-corrected chi connectivity index (χ2v) is 3.28. The van der Waals surface area contributed by atoms with Gasteiger partial charge in [0.1, 0.15) is 5.82 Å². The summed E-state index contributed by atoms with van der Waals surface area (Å²) in [4.78, 5) is 14.0. The van der Waals surface area contributed by atoms with E-state index in [2.05, 4.69) is 9.72 Å². The predicted molar refractivity (Wildman–Crippen MR) is 54.0 cm³/mol. The van der Waals surface area contributed by atoms with Gasteiger partial charge in [0, 0.05) is 11.2 Å². The van der Waals surface area contributed by atoms with Gasteiger partial charge in [-0.3, -0.25) is 4.79 Å². The molecule has 15 heavy (non-hydrogen) atoms. The number of benzene rings is 1. The molecule has 1 N–H and O–H groups in total. The van der Waals surface area contributed by atoms with E-state index in [1.807, 2.05) is 6.07 Å². The fraction of sp³-hybridized carbons (Fsp3) is 0.182. The van der Waals surface area contributed by atoms with Gasteiger partial charge in [0.15, 0.2) is 0 Å². The van der Waals surface area contributed by atoms with Crippen LogP contribution in [-0.2, 0) is 16.0 Å². The first-order chi connectivity index (χ1) is 7.19. The van der Waals surface area contributed by atoms with Crippen LogP contribution >= 0.6 is 0 Å². The number of ether oxygens (including phenoxy) is 1. The minimum atomic E-state index is -0.318. The third kappa shape index (κ3) is 1.98. The van der Waals surface area contributed by atoms with E-state index >= 15 is 0 Å². The van der Waals surface area contributed by atoms with Crippen molar-refractivity contribution in [2.75, 3.05) is 7.11 Å². The van der Waals surface area contributed by atoms with Crippen LogP contribution in [0.5, 0.6) is 0 Å². The molecule has 0 aliphatic heterocycles. The maximum Gasteiger partial charge on any atom is 0.311 e. The Hall–Kier alpha value is -1.84. The molecule has 0 unspecified atom stereocenters. The molecule has 0 atom stereocenters. The molecule has 0 aliphatic rings. The number of methoxy groups -OCH3 is 1. The molecule has 1 aromatic carbocycles. The lowest BCUT2D eigenvalue weighted by Gasteiger charge is -1.94. The van der Waals surface area contributed by atoms with Crippen molar-refractivity contribution in [3.8, 4) is 0 Å². The number of fused-ring (bicyclic) bond motifs is 1. The summed E-state index contributed by atoms with van der Waals surface area (Å²) in [6.45, 7) is 0. The Morgan fingerprint density at radius 3 is 3.00 bits per heavy atom. The summed E-state index contributed by atoms with van der Waals surface area (Å²) < 4.78 is 17.4. The van der Waals surface area contributed by atoms with Crippen molar-refractivity contribution in [2.24, 2.45) is 0 Å². The largest absolute Gasteiger partial charge is 0.469 e. The van der Waals surface area contributed by atoms with Crippen LogP contribution < -0.4 is 0 Å². The number of hydrogen-bond acceptors (Lipinski definition) is 2. The van der Waals surface area contributed by atoms with Gasteiger partial charge in [-0.15, -0.1) is 0 Å². The van der Waals surface area contributed by atoms with Crippen molar-refractivity contribution in [2.45, 2.75) is 6.42 Å². The van der Waals surface area contributed by atoms with Crippen LogP contribution in [-0.4, -0.2) is 18.1 Å². The number of hydrogen-bond donors (Lipinski definition) is 1. The Morgan fingerprint density at radius 1 is 1.47 bits per heavy atom. The van der Waals surface area contributed by atoms with Crippen LogP contribution in [0.15, 0.2) is 24.3 Å². The Labute approximate surface area is 85.9 Å². The second-order valence-electron chi connectivity index (χ2n) is 3.28. The number of carbonyl (C=O) groups excluding carboxylic acids is 1. The molecule has 0 amide bonds. The Kier molecular flexibility index (Phi) is 2.41. The Bertz CT molecular complexity index is 504. The minimum absolute atomic E-state index is 0.173. The SMILES string of the molecule is COC(=O)Cc1cc2ccc(F)cc2[nH]1. The first-order valence-electron chi connectivity index (χ1n) is 4.53. The van der Waals surface area contributed by atoms with Gasteiger partial charge >= 0.3 is 5.97 Å². The van der Waals surface area contributed by atoms with Gasteiger partial charge in [-0.1, -0.05) is 0 Å². The van der Waals surface area contributed by atoms with Crippen molar-refractivity contribution in [3.05, 3.63) is 35.8 Å². The molecule has 2 rings (SSSR count). The van der Waals surface area contributed by atoms with Crippen LogP contribution in [0.4, 0.5) is 4.39 Å². The second kappa shape index (κ2) is 3.73. The Morgan fingerprint density at radius 2 is 2.27 bits per heavy atom. The number of esters is 1. The highest BCUT2D eigenvalue weighted by Gasteiger charge is 2.06. The summed E-state index contributed by atoms with van der Waals surface area (Å²) in [6.07, 6.45) is 0.173. The van der Waals surface area contributed by atoms with Crippen LogP contribution in [0.3, 0.4) is 0 Å². The molecule has 0 saturated heterocycles. The summed E-state index contributed by atoms with van der Waals surface area (Å²) in [5.41, 5.74) is 1.41. The van der Waals surface area contributed by atoms with Crippen molar-refractivity contribution >= 4 is 16.9 Å². The van der Waals surface area contributed by atoms with Crippen LogP contribution in [0.1, 0.15) is 5.69 Å². The van der Waals surface area contributed by atoms with Crippen molar-refractivity contribution in [1.82, 2.24) is 4.98 Å². The molecular formula is C11H10FNO2. The van der Waals surface area contributed by atoms with Crippen molar-refractivity contribution in [1.29, 1.82) is 0 Å². The molecule has 0 fully saturated rings. The van der Waals surface area contributed by atoms with Gasteiger partial charge in [0.2, 0.25) is 0 Å². The molecule has 0 aliphatic carbocycles. The number of carbonyl (C=O) groups is 1. The summed E-state index contributed by atoms with van der Waals surface area (Å²) in [5, 5.41) is 0.885. The van der Waals surface area contributed by atoms with E-state index in [4.69, 9.17) is 0 Å². The highest BCUT2D eigenvalue weighted by atomic mass is 19.1. The summed E-state index contributed by atoms with van der Waals surface area (Å²) in [5.74, 6) is -0.615. The van der Waals surface area contributed by atoms with E-state index in [0.717, 1.165) is 11.1 Å². The summed E-state index contributed by atoms with van der Waals surface area (Å²) in [6, 6.07) is 6.27. The number of H-pyrrole nitrogens is 1. The molecule has 78 valence electrons. The van der Waals surface area contributed by atoms with E-state index in [1.165, 1.54) is 19.2 Å². The Balaban J connectivity index is 2.34. The molecule has 0 saturated carbocycles. The first-order valence-corrected chi connectivity index (χ1v) is 4.53. The smallest absolute Gasteiger partial charge is 0.311 e. The number of nitrogens with one attached hydrogen (secondary N) is 1. The number of aromatic amines is 1. The number of aromatic nitrogens is 1. The molecule has 3 nitrogen and oxygen atoms in total. The molecule has 0 spiro atoms. The number of halogens is 1. The molecular weight excluding hydrogens is 197 g/mol. The van der Waals surface area contributed by atoms with E-state index in [-0.39, 0.29) is 18.2 Å². The average Bonchev–Trinajstić information content (AvgIpc) is 2.59. The lowest BCUT2D eigenvalue weighted by Crippen LogP contribution is -2.04. The van der Waals surface area contributed by atoms with Crippen LogP contribution in [0.2, 0.25) is 0 Å². The highest BCUT2D eigenvalue weighted by molar-refractivity contribution is 5.82. The predicted octanol–water partition coefficient (Wildman–Crippen LogP) is 2.02. The molecule has 2 aromatic rings. The lowest BCUT2D eigenvalue weighted by molar-refractivity contribution is -0.139. The van der Waals surface area contributed by atoms with E-state index < -0.39 is 0 Å². The van der Waals surface area contributed by atoms with Gasteiger partial charge in [-0.05, 0) is 29.7 Å². The highest BCUT2D eigenvalue weighted by Crippen LogP contribution is 2.16. The third-order valence-corrected chi connectivity index (χ3v) is 2.20. The van der Waals surface area contributed by atoms with E-state index in [1.54, 1.807) is 6.07 Å². The summed E-state index contributed by atoms with van der Waals surface area (Å²) >= 11 is 0. The van der Waals surface area contributed by atoms with E-state index in [0.29, 0.717) is 5.52 Å². The molecule has 0 bridgehead atoms. The average molecular weight is 207 g/mol. The van der Waals surface area contributed by atoms with Crippen molar-refractivity contribution in [3.63, 3.8) is 0 Å². The van der Waals surface area contributed by atoms with Gasteiger partial charge in [-0.2, -0.15) is 0 Å². The fourth-order valence-electron chi connectivity index (χ4n) is 1.48. The van der Waals surface area contributed by atoms with E-state index in [9.17, 15) is 9.18 Å².